The monoisotopic (exact) mass is 397 g/mol. The molecule has 5 nitrogen and oxygen atoms in total. The van der Waals surface area contributed by atoms with Crippen LogP contribution in [0, 0.1) is 0 Å². The smallest absolute Gasteiger partial charge is 0.356 e. The van der Waals surface area contributed by atoms with Gasteiger partial charge in [-0.2, -0.15) is 13.2 Å². The summed E-state index contributed by atoms with van der Waals surface area (Å²) in [6.07, 6.45) is -1.67. The van der Waals surface area contributed by atoms with Gasteiger partial charge in [-0.3, -0.25) is 4.79 Å². The molecule has 9 heteroatoms. The summed E-state index contributed by atoms with van der Waals surface area (Å²) in [6, 6.07) is 8.89. The molecule has 0 aliphatic heterocycles. The van der Waals surface area contributed by atoms with Crippen LogP contribution in [0.15, 0.2) is 48.5 Å². The van der Waals surface area contributed by atoms with Gasteiger partial charge in [-0.05, 0) is 42.0 Å². The lowest BCUT2D eigenvalue weighted by Crippen LogP contribution is -2.19. The van der Waals surface area contributed by atoms with Gasteiger partial charge in [-0.25, -0.2) is 4.79 Å². The van der Waals surface area contributed by atoms with Gasteiger partial charge in [0.2, 0.25) is 5.91 Å². The molecule has 0 aliphatic carbocycles. The molecule has 0 atom stereocenters. The van der Waals surface area contributed by atoms with Crippen LogP contribution in [0.2, 0.25) is 5.02 Å². The van der Waals surface area contributed by atoms with Crippen LogP contribution in [0.1, 0.15) is 11.1 Å². The third-order valence-corrected chi connectivity index (χ3v) is 3.70. The van der Waals surface area contributed by atoms with Gasteiger partial charge in [0, 0.05) is 24.5 Å². The Bertz CT molecular complexity index is 865. The summed E-state index contributed by atoms with van der Waals surface area (Å²) < 4.78 is 38.5. The summed E-state index contributed by atoms with van der Waals surface area (Å²) in [5.41, 5.74) is 0.0789. The molecule has 0 aliphatic rings. The molecular formula is C18H15ClF3N3O2. The van der Waals surface area contributed by atoms with Gasteiger partial charge in [-0.1, -0.05) is 23.7 Å². The number of hydrogen-bond donors (Lipinski definition) is 3. The third-order valence-electron chi connectivity index (χ3n) is 3.37. The zero-order valence-electron chi connectivity index (χ0n) is 14.0. The number of benzene rings is 2. The zero-order chi connectivity index (χ0) is 20.0. The Morgan fingerprint density at radius 3 is 2.19 bits per heavy atom. The SMILES string of the molecule is CNC(=O)/C=C/c1ccc(NC(=O)Nc2ccc(Cl)c(C(F)(F)F)c2)cc1. The Morgan fingerprint density at radius 1 is 1.00 bits per heavy atom. The molecular weight excluding hydrogens is 383 g/mol. The number of anilines is 2. The van der Waals surface area contributed by atoms with Crippen LogP contribution in [0.4, 0.5) is 29.3 Å². The Morgan fingerprint density at radius 2 is 1.59 bits per heavy atom. The lowest BCUT2D eigenvalue weighted by molar-refractivity contribution is -0.137. The Kier molecular flexibility index (Phi) is 6.46. The summed E-state index contributed by atoms with van der Waals surface area (Å²) in [5, 5.41) is 6.81. The Labute approximate surface area is 158 Å². The molecule has 0 radical (unpaired) electrons. The summed E-state index contributed by atoms with van der Waals surface area (Å²) >= 11 is 5.54. The molecule has 3 amide bonds. The Hall–Kier alpha value is -3.00. The van der Waals surface area contributed by atoms with Crippen molar-refractivity contribution < 1.29 is 22.8 Å². The van der Waals surface area contributed by atoms with Crippen molar-refractivity contribution in [2.75, 3.05) is 17.7 Å². The summed E-state index contributed by atoms with van der Waals surface area (Å²) in [5.74, 6) is -0.252. The topological polar surface area (TPSA) is 70.2 Å². The van der Waals surface area contributed by atoms with Gasteiger partial charge in [0.1, 0.15) is 0 Å². The molecule has 0 spiro atoms. The fourth-order valence-electron chi connectivity index (χ4n) is 2.05. The molecule has 0 fully saturated rings. The fraction of sp³-hybridized carbons (Fsp3) is 0.111. The molecule has 0 saturated heterocycles. The van der Waals surface area contributed by atoms with E-state index in [1.165, 1.54) is 19.2 Å². The summed E-state index contributed by atoms with van der Waals surface area (Å²) in [6.45, 7) is 0. The number of amides is 3. The number of halogens is 4. The van der Waals surface area contributed by atoms with Crippen molar-refractivity contribution in [2.24, 2.45) is 0 Å². The lowest BCUT2D eigenvalue weighted by Gasteiger charge is -2.12. The van der Waals surface area contributed by atoms with Crippen LogP contribution in [-0.4, -0.2) is 19.0 Å². The number of likely N-dealkylation sites (N-methyl/N-ethyl adjacent to an activating group) is 1. The molecule has 0 bridgehead atoms. The number of urea groups is 1. The normalized spacial score (nSPS) is 11.3. The molecule has 27 heavy (non-hydrogen) atoms. The van der Waals surface area contributed by atoms with E-state index in [-0.39, 0.29) is 11.6 Å². The number of carbonyl (C=O) groups excluding carboxylic acids is 2. The van der Waals surface area contributed by atoms with Crippen molar-refractivity contribution in [2.45, 2.75) is 6.18 Å². The molecule has 2 rings (SSSR count). The summed E-state index contributed by atoms with van der Waals surface area (Å²) in [7, 11) is 1.51. The highest BCUT2D eigenvalue weighted by Crippen LogP contribution is 2.36. The van der Waals surface area contributed by atoms with Crippen LogP contribution < -0.4 is 16.0 Å². The minimum Gasteiger partial charge on any atom is -0.356 e. The Balaban J connectivity index is 2.02. The van der Waals surface area contributed by atoms with Crippen molar-refractivity contribution in [1.82, 2.24) is 5.32 Å². The van der Waals surface area contributed by atoms with Crippen molar-refractivity contribution in [3.05, 3.63) is 64.7 Å². The minimum absolute atomic E-state index is 0.0469. The molecule has 0 heterocycles. The molecule has 142 valence electrons. The number of carbonyl (C=O) groups is 2. The molecule has 0 aromatic heterocycles. The van der Waals surface area contributed by atoms with Gasteiger partial charge in [0.05, 0.1) is 10.6 Å². The quantitative estimate of drug-likeness (QED) is 0.651. The predicted octanol–water partition coefficient (Wildman–Crippen LogP) is 4.76. The molecule has 3 N–H and O–H groups in total. The maximum absolute atomic E-state index is 12.8. The maximum atomic E-state index is 12.8. The van der Waals surface area contributed by atoms with E-state index in [4.69, 9.17) is 11.6 Å². The highest BCUT2D eigenvalue weighted by Gasteiger charge is 2.33. The minimum atomic E-state index is -4.62. The molecule has 2 aromatic rings. The van der Waals surface area contributed by atoms with Crippen LogP contribution in [0.25, 0.3) is 6.08 Å². The first-order chi connectivity index (χ1) is 12.7. The molecule has 0 saturated carbocycles. The third kappa shape index (κ3) is 6.03. The maximum Gasteiger partial charge on any atom is 0.417 e. The van der Waals surface area contributed by atoms with Crippen LogP contribution in [-0.2, 0) is 11.0 Å². The number of nitrogens with one attached hydrogen (secondary N) is 3. The fourth-order valence-corrected chi connectivity index (χ4v) is 2.27. The van der Waals surface area contributed by atoms with E-state index < -0.39 is 22.8 Å². The van der Waals surface area contributed by atoms with Crippen molar-refractivity contribution in [1.29, 1.82) is 0 Å². The molecule has 2 aromatic carbocycles. The van der Waals surface area contributed by atoms with E-state index in [0.717, 1.165) is 17.7 Å². The number of rotatable bonds is 4. The van der Waals surface area contributed by atoms with E-state index in [9.17, 15) is 22.8 Å². The van der Waals surface area contributed by atoms with E-state index in [1.54, 1.807) is 30.3 Å². The van der Waals surface area contributed by atoms with Gasteiger partial charge in [0.25, 0.3) is 0 Å². The second kappa shape index (κ2) is 8.59. The second-order valence-corrected chi connectivity index (χ2v) is 5.75. The van der Waals surface area contributed by atoms with Crippen LogP contribution in [0.5, 0.6) is 0 Å². The molecule has 0 unspecified atom stereocenters. The van der Waals surface area contributed by atoms with Gasteiger partial charge in [0.15, 0.2) is 0 Å². The first-order valence-corrected chi connectivity index (χ1v) is 8.01. The highest BCUT2D eigenvalue weighted by molar-refractivity contribution is 6.31. The van der Waals surface area contributed by atoms with E-state index in [1.807, 2.05) is 0 Å². The van der Waals surface area contributed by atoms with Gasteiger partial charge >= 0.3 is 12.2 Å². The van der Waals surface area contributed by atoms with Crippen molar-refractivity contribution in [3.63, 3.8) is 0 Å². The largest absolute Gasteiger partial charge is 0.417 e. The zero-order valence-corrected chi connectivity index (χ0v) is 14.8. The number of hydrogen-bond acceptors (Lipinski definition) is 2. The first kappa shape index (κ1) is 20.3. The van der Waals surface area contributed by atoms with E-state index in [0.29, 0.717) is 5.69 Å². The van der Waals surface area contributed by atoms with E-state index in [2.05, 4.69) is 16.0 Å². The average molecular weight is 398 g/mol. The first-order valence-electron chi connectivity index (χ1n) is 7.63. The average Bonchev–Trinajstić information content (AvgIpc) is 2.61. The van der Waals surface area contributed by atoms with Crippen molar-refractivity contribution >= 4 is 41.0 Å². The highest BCUT2D eigenvalue weighted by atomic mass is 35.5. The van der Waals surface area contributed by atoms with Gasteiger partial charge < -0.3 is 16.0 Å². The second-order valence-electron chi connectivity index (χ2n) is 5.34. The summed E-state index contributed by atoms with van der Waals surface area (Å²) in [4.78, 5) is 23.1. The van der Waals surface area contributed by atoms with E-state index >= 15 is 0 Å². The van der Waals surface area contributed by atoms with Crippen LogP contribution in [0.3, 0.4) is 0 Å². The van der Waals surface area contributed by atoms with Crippen LogP contribution >= 0.6 is 11.6 Å². The number of alkyl halides is 3. The lowest BCUT2D eigenvalue weighted by atomic mass is 10.2. The van der Waals surface area contributed by atoms with Crippen molar-refractivity contribution in [3.8, 4) is 0 Å². The predicted molar refractivity (Wildman–Crippen MR) is 98.6 cm³/mol. The standard InChI is InChI=1S/C18H15ClF3N3O2/c1-23-16(26)9-4-11-2-5-12(6-3-11)24-17(27)25-13-7-8-15(19)14(10-13)18(20,21)22/h2-10H,1H3,(H,23,26)(H2,24,25,27)/b9-4+. The van der Waals surface area contributed by atoms with Gasteiger partial charge in [-0.15, -0.1) is 0 Å².